The lowest BCUT2D eigenvalue weighted by molar-refractivity contribution is 0.0295. The minimum absolute atomic E-state index is 0.539. The Morgan fingerprint density at radius 3 is 2.38 bits per heavy atom. The predicted molar refractivity (Wildman–Crippen MR) is 55.6 cm³/mol. The first-order valence-electron chi connectivity index (χ1n) is 5.09. The van der Waals surface area contributed by atoms with Gasteiger partial charge in [-0.05, 0) is 55.6 Å². The number of rotatable bonds is 1. The van der Waals surface area contributed by atoms with Gasteiger partial charge in [0.15, 0.2) is 0 Å². The number of fused-ring (bicyclic) bond motifs is 2. The van der Waals surface area contributed by atoms with Crippen LogP contribution in [0.25, 0.3) is 0 Å². The Kier molecular flexibility index (Phi) is 2.58. The summed E-state index contributed by atoms with van der Waals surface area (Å²) in [5.74, 6) is 3.93. The highest BCUT2D eigenvalue weighted by atomic mass is 32.2. The topological polar surface area (TPSA) is 26.0 Å². The van der Waals surface area contributed by atoms with Crippen molar-refractivity contribution in [3.05, 3.63) is 0 Å². The molecule has 2 fully saturated rings. The van der Waals surface area contributed by atoms with Crippen molar-refractivity contribution >= 4 is 11.8 Å². The Hall–Kier alpha value is 0.240. The fourth-order valence-electron chi connectivity index (χ4n) is 2.99. The van der Waals surface area contributed by atoms with Crippen LogP contribution in [0.4, 0.5) is 4.39 Å². The Balaban J connectivity index is 2.12. The van der Waals surface area contributed by atoms with Gasteiger partial charge in [-0.3, -0.25) is 0 Å². The van der Waals surface area contributed by atoms with E-state index in [1.807, 2.05) is 11.8 Å². The van der Waals surface area contributed by atoms with E-state index in [0.717, 1.165) is 30.9 Å². The zero-order chi connectivity index (χ0) is 9.47. The van der Waals surface area contributed by atoms with E-state index in [1.54, 1.807) is 6.92 Å². The van der Waals surface area contributed by atoms with Gasteiger partial charge in [-0.1, -0.05) is 0 Å². The summed E-state index contributed by atoms with van der Waals surface area (Å²) < 4.78 is 13.9. The van der Waals surface area contributed by atoms with E-state index in [1.165, 1.54) is 0 Å². The molecule has 0 spiro atoms. The molecule has 1 aliphatic heterocycles. The van der Waals surface area contributed by atoms with Crippen LogP contribution in [-0.2, 0) is 0 Å². The second kappa shape index (κ2) is 3.43. The lowest BCUT2D eigenvalue weighted by atomic mass is 9.68. The summed E-state index contributed by atoms with van der Waals surface area (Å²) >= 11 is 1.98. The van der Waals surface area contributed by atoms with E-state index in [0.29, 0.717) is 17.8 Å². The van der Waals surface area contributed by atoms with E-state index in [4.69, 9.17) is 5.73 Å². The molecule has 76 valence electrons. The maximum absolute atomic E-state index is 13.9. The summed E-state index contributed by atoms with van der Waals surface area (Å²) in [6.45, 7) is 2.52. The van der Waals surface area contributed by atoms with Gasteiger partial charge in [0, 0.05) is 0 Å². The van der Waals surface area contributed by atoms with Crippen molar-refractivity contribution in [2.45, 2.75) is 25.4 Å². The third kappa shape index (κ3) is 1.86. The lowest BCUT2D eigenvalue weighted by Gasteiger charge is -2.46. The Morgan fingerprint density at radius 2 is 1.92 bits per heavy atom. The fourth-order valence-corrected chi connectivity index (χ4v) is 4.46. The first-order valence-corrected chi connectivity index (χ1v) is 6.24. The van der Waals surface area contributed by atoms with Gasteiger partial charge in [-0.15, -0.1) is 0 Å². The van der Waals surface area contributed by atoms with Crippen LogP contribution in [-0.4, -0.2) is 23.7 Å². The number of nitrogens with two attached hydrogens (primary N) is 1. The molecule has 1 nitrogen and oxygen atoms in total. The number of thioether (sulfide) groups is 1. The normalized spacial score (nSPS) is 50.5. The van der Waals surface area contributed by atoms with Crippen molar-refractivity contribution < 1.29 is 4.39 Å². The zero-order valence-corrected chi connectivity index (χ0v) is 8.95. The van der Waals surface area contributed by atoms with Gasteiger partial charge in [0.05, 0.1) is 0 Å². The molecule has 13 heavy (non-hydrogen) atoms. The molecule has 2 rings (SSSR count). The van der Waals surface area contributed by atoms with E-state index < -0.39 is 5.67 Å². The quantitative estimate of drug-likeness (QED) is 0.706. The molecule has 3 heteroatoms. The minimum atomic E-state index is -0.915. The van der Waals surface area contributed by atoms with Crippen molar-refractivity contribution in [1.82, 2.24) is 0 Å². The van der Waals surface area contributed by atoms with Crippen LogP contribution in [0.5, 0.6) is 0 Å². The maximum Gasteiger partial charge on any atom is 0.108 e. The average Bonchev–Trinajstić information content (AvgIpc) is 2.01. The molecule has 2 bridgehead atoms. The highest BCUT2D eigenvalue weighted by Crippen LogP contribution is 2.47. The summed E-state index contributed by atoms with van der Waals surface area (Å²) in [7, 11) is 0. The van der Waals surface area contributed by atoms with Crippen molar-refractivity contribution in [1.29, 1.82) is 0 Å². The van der Waals surface area contributed by atoms with Gasteiger partial charge < -0.3 is 5.73 Å². The van der Waals surface area contributed by atoms with Crippen LogP contribution in [0.15, 0.2) is 0 Å². The lowest BCUT2D eigenvalue weighted by Crippen LogP contribution is -2.47. The molecule has 1 saturated carbocycles. The molecule has 1 aliphatic carbocycles. The van der Waals surface area contributed by atoms with E-state index >= 15 is 0 Å². The summed E-state index contributed by atoms with van der Waals surface area (Å²) in [6.07, 6.45) is 1.47. The van der Waals surface area contributed by atoms with Gasteiger partial charge >= 0.3 is 0 Å². The van der Waals surface area contributed by atoms with Gasteiger partial charge in [0.25, 0.3) is 0 Å². The summed E-state index contributed by atoms with van der Waals surface area (Å²) in [5, 5.41) is 0. The van der Waals surface area contributed by atoms with Crippen LogP contribution < -0.4 is 5.73 Å². The highest BCUT2D eigenvalue weighted by Gasteiger charge is 2.45. The molecule has 2 unspecified atom stereocenters. The van der Waals surface area contributed by atoms with Crippen LogP contribution in [0.2, 0.25) is 0 Å². The largest absolute Gasteiger partial charge is 0.330 e. The first-order chi connectivity index (χ1) is 6.12. The molecule has 2 atom stereocenters. The molecule has 0 amide bonds. The molecule has 1 saturated heterocycles. The van der Waals surface area contributed by atoms with Crippen LogP contribution in [0.1, 0.15) is 19.8 Å². The molecule has 2 N–H and O–H groups in total. The maximum atomic E-state index is 13.9. The van der Waals surface area contributed by atoms with Gasteiger partial charge in [-0.2, -0.15) is 11.8 Å². The third-order valence-corrected chi connectivity index (χ3v) is 4.85. The molecule has 0 radical (unpaired) electrons. The fraction of sp³-hybridized carbons (Fsp3) is 1.00. The van der Waals surface area contributed by atoms with E-state index in [9.17, 15) is 4.39 Å². The SMILES string of the molecule is CC1(F)CC2CSCC(C1)C2CN. The molecule has 0 aromatic rings. The average molecular weight is 203 g/mol. The van der Waals surface area contributed by atoms with Crippen molar-refractivity contribution in [2.75, 3.05) is 18.1 Å². The number of hydrogen-bond acceptors (Lipinski definition) is 2. The highest BCUT2D eigenvalue weighted by molar-refractivity contribution is 7.99. The van der Waals surface area contributed by atoms with Gasteiger partial charge in [-0.25, -0.2) is 4.39 Å². The van der Waals surface area contributed by atoms with Crippen LogP contribution in [0.3, 0.4) is 0 Å². The second-order valence-electron chi connectivity index (χ2n) is 4.78. The molecule has 1 heterocycles. The molecule has 0 aromatic carbocycles. The first kappa shape index (κ1) is 9.78. The molecule has 2 aliphatic rings. The minimum Gasteiger partial charge on any atom is -0.330 e. The number of hydrogen-bond donors (Lipinski definition) is 1. The number of halogens is 1. The monoisotopic (exact) mass is 203 g/mol. The van der Waals surface area contributed by atoms with Gasteiger partial charge in [0.2, 0.25) is 0 Å². The predicted octanol–water partition coefficient (Wildman–Crippen LogP) is 2.06. The zero-order valence-electron chi connectivity index (χ0n) is 8.13. The van der Waals surface area contributed by atoms with Crippen LogP contribution in [0, 0.1) is 17.8 Å². The Labute approximate surface area is 83.6 Å². The van der Waals surface area contributed by atoms with Crippen molar-refractivity contribution in [2.24, 2.45) is 23.5 Å². The van der Waals surface area contributed by atoms with E-state index in [-0.39, 0.29) is 0 Å². The Morgan fingerprint density at radius 1 is 1.38 bits per heavy atom. The van der Waals surface area contributed by atoms with Crippen molar-refractivity contribution in [3.63, 3.8) is 0 Å². The Bertz CT molecular complexity index is 179. The molecule has 0 aromatic heterocycles. The van der Waals surface area contributed by atoms with E-state index in [2.05, 4.69) is 0 Å². The number of alkyl halides is 1. The standard InChI is InChI=1S/C10H18FNS/c1-10(11)2-7-5-13-6-8(3-10)9(7)4-12/h7-9H,2-6,12H2,1H3. The second-order valence-corrected chi connectivity index (χ2v) is 5.85. The van der Waals surface area contributed by atoms with Crippen LogP contribution >= 0.6 is 11.8 Å². The van der Waals surface area contributed by atoms with Crippen molar-refractivity contribution in [3.8, 4) is 0 Å². The summed E-state index contributed by atoms with van der Waals surface area (Å²) in [4.78, 5) is 0. The third-order valence-electron chi connectivity index (χ3n) is 3.52. The van der Waals surface area contributed by atoms with Gasteiger partial charge in [0.1, 0.15) is 5.67 Å². The summed E-state index contributed by atoms with van der Waals surface area (Å²) in [5.41, 5.74) is 4.84. The molecular weight excluding hydrogens is 185 g/mol. The smallest absolute Gasteiger partial charge is 0.108 e. The summed E-state index contributed by atoms with van der Waals surface area (Å²) in [6, 6.07) is 0. The molecular formula is C10H18FNS.